The highest BCUT2D eigenvalue weighted by Crippen LogP contribution is 2.30. The van der Waals surface area contributed by atoms with E-state index in [9.17, 15) is 14.7 Å². The number of carbonyl (C=O) groups excluding carboxylic acids is 1. The number of aliphatic carboxylic acids is 1. The zero-order valence-electron chi connectivity index (χ0n) is 12.8. The molecule has 0 unspecified atom stereocenters. The first-order valence-electron chi connectivity index (χ1n) is 7.53. The fraction of sp³-hybridized carbons (Fsp3) is 0.438. The molecule has 2 N–H and O–H groups in total. The Morgan fingerprint density at radius 3 is 3.00 bits per heavy atom. The van der Waals surface area contributed by atoms with Gasteiger partial charge in [0.05, 0.1) is 22.9 Å². The van der Waals surface area contributed by atoms with Crippen LogP contribution in [0.1, 0.15) is 25.6 Å². The highest BCUT2D eigenvalue weighted by Gasteiger charge is 2.39. The molecule has 1 fully saturated rings. The van der Waals surface area contributed by atoms with Gasteiger partial charge < -0.3 is 15.0 Å². The number of aromatic nitrogens is 2. The highest BCUT2D eigenvalue weighted by atomic mass is 35.5. The summed E-state index contributed by atoms with van der Waals surface area (Å²) in [7, 11) is 0. The number of carboxylic acids is 1. The molecule has 0 bridgehead atoms. The third-order valence-electron chi connectivity index (χ3n) is 4.38. The number of carboxylic acid groups (broad SMARTS) is 1. The lowest BCUT2D eigenvalue weighted by Crippen LogP contribution is -2.48. The second-order valence-electron chi connectivity index (χ2n) is 6.31. The van der Waals surface area contributed by atoms with Gasteiger partial charge in [0.1, 0.15) is 5.82 Å². The van der Waals surface area contributed by atoms with Crippen LogP contribution in [0.3, 0.4) is 0 Å². The molecule has 0 saturated carbocycles. The summed E-state index contributed by atoms with van der Waals surface area (Å²) in [6, 6.07) is 5.31. The van der Waals surface area contributed by atoms with Crippen molar-refractivity contribution < 1.29 is 14.7 Å². The molecule has 1 aromatic carbocycles. The molecule has 2 aromatic rings. The number of benzene rings is 1. The minimum Gasteiger partial charge on any atom is -0.481 e. The van der Waals surface area contributed by atoms with Gasteiger partial charge in [0.15, 0.2) is 0 Å². The maximum absolute atomic E-state index is 12.5. The topological polar surface area (TPSA) is 86.3 Å². The summed E-state index contributed by atoms with van der Waals surface area (Å²) < 4.78 is 0. The fourth-order valence-corrected chi connectivity index (χ4v) is 3.17. The van der Waals surface area contributed by atoms with E-state index in [1.807, 2.05) is 0 Å². The summed E-state index contributed by atoms with van der Waals surface area (Å²) in [4.78, 5) is 32.9. The van der Waals surface area contributed by atoms with Gasteiger partial charge in [-0.05, 0) is 38.0 Å². The molecule has 0 aliphatic carbocycles. The Bertz CT molecular complexity index is 773. The number of fused-ring (bicyclic) bond motifs is 1. The van der Waals surface area contributed by atoms with Gasteiger partial charge in [0, 0.05) is 18.1 Å². The average molecular weight is 336 g/mol. The zero-order valence-corrected chi connectivity index (χ0v) is 13.6. The van der Waals surface area contributed by atoms with Crippen molar-refractivity contribution >= 4 is 34.5 Å². The lowest BCUT2D eigenvalue weighted by Gasteiger charge is -2.37. The lowest BCUT2D eigenvalue weighted by molar-refractivity contribution is -0.153. The fourth-order valence-electron chi connectivity index (χ4n) is 3.00. The Hall–Kier alpha value is -2.08. The van der Waals surface area contributed by atoms with Crippen molar-refractivity contribution in [3.8, 4) is 0 Å². The van der Waals surface area contributed by atoms with E-state index in [-0.39, 0.29) is 18.9 Å². The van der Waals surface area contributed by atoms with Crippen LogP contribution in [-0.4, -0.2) is 44.9 Å². The number of piperidine rings is 1. The molecule has 6 nitrogen and oxygen atoms in total. The number of nitrogens with zero attached hydrogens (tertiary/aromatic N) is 2. The molecule has 1 aliphatic heterocycles. The molecular weight excluding hydrogens is 318 g/mol. The quantitative estimate of drug-likeness (QED) is 0.902. The van der Waals surface area contributed by atoms with Crippen LogP contribution in [0.15, 0.2) is 18.2 Å². The Kier molecular flexibility index (Phi) is 4.02. The average Bonchev–Trinajstić information content (AvgIpc) is 2.88. The number of aromatic amines is 1. The van der Waals surface area contributed by atoms with E-state index in [0.29, 0.717) is 30.2 Å². The van der Waals surface area contributed by atoms with Crippen LogP contribution >= 0.6 is 11.6 Å². The van der Waals surface area contributed by atoms with Crippen LogP contribution in [0.4, 0.5) is 0 Å². The highest BCUT2D eigenvalue weighted by molar-refractivity contribution is 6.31. The van der Waals surface area contributed by atoms with Crippen LogP contribution in [0.2, 0.25) is 5.02 Å². The number of imidazole rings is 1. The van der Waals surface area contributed by atoms with Gasteiger partial charge in [-0.1, -0.05) is 11.6 Å². The summed E-state index contributed by atoms with van der Waals surface area (Å²) in [6.45, 7) is 2.53. The van der Waals surface area contributed by atoms with Gasteiger partial charge in [-0.2, -0.15) is 0 Å². The number of carbonyl (C=O) groups is 2. The standard InChI is InChI=1S/C16H18ClN3O3/c1-16(15(22)23)5-2-6-20(9-16)14(21)8-13-18-11-4-3-10(17)7-12(11)19-13/h3-4,7H,2,5-6,8-9H2,1H3,(H,18,19)(H,22,23)/t16-/m0/s1. The van der Waals surface area contributed by atoms with Crippen molar-refractivity contribution in [1.29, 1.82) is 0 Å². The van der Waals surface area contributed by atoms with Gasteiger partial charge in [-0.3, -0.25) is 9.59 Å². The second-order valence-corrected chi connectivity index (χ2v) is 6.74. The van der Waals surface area contributed by atoms with E-state index in [4.69, 9.17) is 11.6 Å². The SMILES string of the molecule is C[C@]1(C(=O)O)CCCN(C(=O)Cc2nc3ccc(Cl)cc3[nH]2)C1. The van der Waals surface area contributed by atoms with Crippen molar-refractivity contribution in [3.05, 3.63) is 29.0 Å². The Morgan fingerprint density at radius 1 is 1.48 bits per heavy atom. The van der Waals surface area contributed by atoms with Gasteiger partial charge in [-0.15, -0.1) is 0 Å². The number of halogens is 1. The molecule has 1 aromatic heterocycles. The third-order valence-corrected chi connectivity index (χ3v) is 4.61. The van der Waals surface area contributed by atoms with Gasteiger partial charge in [0.25, 0.3) is 0 Å². The normalized spacial score (nSPS) is 21.6. The minimum atomic E-state index is -0.866. The molecule has 0 radical (unpaired) electrons. The summed E-state index contributed by atoms with van der Waals surface area (Å²) in [5, 5.41) is 9.94. The van der Waals surface area contributed by atoms with Crippen molar-refractivity contribution in [1.82, 2.24) is 14.9 Å². The molecule has 7 heteroatoms. The Balaban J connectivity index is 1.74. The van der Waals surface area contributed by atoms with Crippen LogP contribution in [0.5, 0.6) is 0 Å². The van der Waals surface area contributed by atoms with Crippen molar-refractivity contribution in [2.75, 3.05) is 13.1 Å². The number of likely N-dealkylation sites (tertiary alicyclic amines) is 1. The van der Waals surface area contributed by atoms with Crippen LogP contribution in [0.25, 0.3) is 11.0 Å². The molecule has 1 aliphatic rings. The Labute approximate surface area is 138 Å². The molecule has 23 heavy (non-hydrogen) atoms. The van der Waals surface area contributed by atoms with Crippen molar-refractivity contribution in [3.63, 3.8) is 0 Å². The maximum Gasteiger partial charge on any atom is 0.311 e. The number of H-pyrrole nitrogens is 1. The minimum absolute atomic E-state index is 0.109. The smallest absolute Gasteiger partial charge is 0.311 e. The first-order chi connectivity index (χ1) is 10.9. The third kappa shape index (κ3) is 3.17. The number of rotatable bonds is 3. The number of amides is 1. The van der Waals surface area contributed by atoms with E-state index in [1.165, 1.54) is 0 Å². The van der Waals surface area contributed by atoms with Gasteiger partial charge in [-0.25, -0.2) is 4.98 Å². The molecule has 1 saturated heterocycles. The predicted molar refractivity (Wildman–Crippen MR) is 86.4 cm³/mol. The van der Waals surface area contributed by atoms with E-state index >= 15 is 0 Å². The van der Waals surface area contributed by atoms with Gasteiger partial charge in [0.2, 0.25) is 5.91 Å². The van der Waals surface area contributed by atoms with Crippen molar-refractivity contribution in [2.24, 2.45) is 5.41 Å². The number of hydrogen-bond acceptors (Lipinski definition) is 3. The summed E-state index contributed by atoms with van der Waals surface area (Å²) in [5.74, 6) is -0.398. The largest absolute Gasteiger partial charge is 0.481 e. The van der Waals surface area contributed by atoms with Crippen LogP contribution in [-0.2, 0) is 16.0 Å². The molecular formula is C16H18ClN3O3. The zero-order chi connectivity index (χ0) is 16.6. The second kappa shape index (κ2) is 5.85. The Morgan fingerprint density at radius 2 is 2.26 bits per heavy atom. The van der Waals surface area contributed by atoms with E-state index in [0.717, 1.165) is 11.0 Å². The lowest BCUT2D eigenvalue weighted by atomic mass is 9.82. The number of nitrogens with one attached hydrogen (secondary N) is 1. The van der Waals surface area contributed by atoms with E-state index < -0.39 is 11.4 Å². The first-order valence-corrected chi connectivity index (χ1v) is 7.90. The first kappa shape index (κ1) is 15.8. The van der Waals surface area contributed by atoms with Crippen LogP contribution < -0.4 is 0 Å². The van der Waals surface area contributed by atoms with Crippen LogP contribution in [0, 0.1) is 5.41 Å². The molecule has 0 spiro atoms. The molecule has 1 atom stereocenters. The molecule has 1 amide bonds. The van der Waals surface area contributed by atoms with E-state index in [1.54, 1.807) is 30.0 Å². The molecule has 2 heterocycles. The predicted octanol–water partition coefficient (Wildman–Crippen LogP) is 2.47. The maximum atomic E-state index is 12.5. The van der Waals surface area contributed by atoms with Crippen molar-refractivity contribution in [2.45, 2.75) is 26.2 Å². The summed E-state index contributed by atoms with van der Waals surface area (Å²) >= 11 is 5.94. The molecule has 122 valence electrons. The number of hydrogen-bond donors (Lipinski definition) is 2. The summed E-state index contributed by atoms with van der Waals surface area (Å²) in [6.07, 6.45) is 1.42. The van der Waals surface area contributed by atoms with Gasteiger partial charge >= 0.3 is 5.97 Å². The summed E-state index contributed by atoms with van der Waals surface area (Å²) in [5.41, 5.74) is 0.676. The monoisotopic (exact) mass is 335 g/mol. The molecule has 3 rings (SSSR count). The van der Waals surface area contributed by atoms with E-state index in [2.05, 4.69) is 9.97 Å².